The first-order valence-corrected chi connectivity index (χ1v) is 23.0. The second kappa shape index (κ2) is 14.0. The lowest BCUT2D eigenvalue weighted by molar-refractivity contribution is 0.720. The van der Waals surface area contributed by atoms with Gasteiger partial charge in [0.25, 0.3) is 0 Å². The zero-order valence-corrected chi connectivity index (χ0v) is 36.2. The highest BCUT2D eigenvalue weighted by molar-refractivity contribution is 7.99. The van der Waals surface area contributed by atoms with Crippen molar-refractivity contribution in [2.75, 3.05) is 0 Å². The van der Waals surface area contributed by atoms with Crippen LogP contribution in [0.15, 0.2) is 222 Å². The normalized spacial score (nSPS) is 13.2. The third kappa shape index (κ3) is 5.06. The van der Waals surface area contributed by atoms with Crippen LogP contribution in [0.25, 0.3) is 93.5 Å². The molecule has 0 atom stereocenters. The molecule has 0 amide bonds. The number of nitrogens with zero attached hydrogens (tertiary/aromatic N) is 5. The lowest BCUT2D eigenvalue weighted by Crippen LogP contribution is -2.32. The number of pyridine rings is 2. The second-order valence-corrected chi connectivity index (χ2v) is 18.2. The highest BCUT2D eigenvalue weighted by Crippen LogP contribution is 2.63. The molecule has 66 heavy (non-hydrogen) atoms. The van der Waals surface area contributed by atoms with Gasteiger partial charge >= 0.3 is 0 Å². The third-order valence-electron chi connectivity index (χ3n) is 13.9. The lowest BCUT2D eigenvalue weighted by atomic mass is 9.67. The molecule has 0 N–H and O–H groups in total. The van der Waals surface area contributed by atoms with Crippen LogP contribution in [0.4, 0.5) is 5.69 Å². The summed E-state index contributed by atoms with van der Waals surface area (Å²) in [4.78, 5) is 16.4. The molecule has 1 aliphatic carbocycles. The molecule has 2 aliphatic rings. The highest BCUT2D eigenvalue weighted by atomic mass is 32.2. The van der Waals surface area contributed by atoms with Crippen molar-refractivity contribution in [3.05, 3.63) is 246 Å². The smallest absolute Gasteiger partial charge is 0.188 e. The van der Waals surface area contributed by atoms with Crippen LogP contribution < -0.4 is 0 Å². The molecule has 6 heteroatoms. The number of benzene rings is 8. The monoisotopic (exact) mass is 857 g/mol. The van der Waals surface area contributed by atoms with Crippen molar-refractivity contribution in [3.63, 3.8) is 0 Å². The molecule has 14 rings (SSSR count). The first-order chi connectivity index (χ1) is 32.7. The van der Waals surface area contributed by atoms with Gasteiger partial charge in [-0.15, -0.1) is 0 Å². The molecule has 4 aromatic heterocycles. The molecule has 0 radical (unpaired) electrons. The molecule has 0 bridgehead atoms. The Balaban J connectivity index is 0.995. The van der Waals surface area contributed by atoms with Crippen LogP contribution in [-0.2, 0) is 5.41 Å². The third-order valence-corrected chi connectivity index (χ3v) is 15.1. The van der Waals surface area contributed by atoms with Gasteiger partial charge in [-0.2, -0.15) is 0 Å². The fraction of sp³-hybridized carbons (Fsp3) is 0.0167. The molecule has 306 valence electrons. The topological polar surface area (TPSA) is 40.0 Å². The summed E-state index contributed by atoms with van der Waals surface area (Å²) in [5, 5.41) is 4.64. The van der Waals surface area contributed by atoms with E-state index < -0.39 is 5.41 Å². The van der Waals surface area contributed by atoms with Gasteiger partial charge < -0.3 is 9.13 Å². The Hall–Kier alpha value is -8.50. The number of rotatable bonds is 4. The van der Waals surface area contributed by atoms with Gasteiger partial charge in [-0.3, -0.25) is 9.97 Å². The first kappa shape index (κ1) is 36.9. The van der Waals surface area contributed by atoms with Gasteiger partial charge in [-0.1, -0.05) is 121 Å². The van der Waals surface area contributed by atoms with E-state index >= 15 is 0 Å². The molecule has 5 nitrogen and oxygen atoms in total. The number of para-hydroxylation sites is 3. The summed E-state index contributed by atoms with van der Waals surface area (Å²) in [7, 11) is 0. The summed E-state index contributed by atoms with van der Waals surface area (Å²) in [6, 6.07) is 72.3. The minimum absolute atomic E-state index is 0.630. The second-order valence-electron chi connectivity index (χ2n) is 17.2. The predicted octanol–water partition coefficient (Wildman–Crippen LogP) is 15.4. The summed E-state index contributed by atoms with van der Waals surface area (Å²) in [5.74, 6) is 0. The standard InChI is InChI=1S/C60H35N5S/c1-61-40-26-29-55-47(36-40)46-34-39(24-28-54(46)65(55)42-15-6-3-7-16-42)43-18-10-19-50-59(43)66-56-30-25-38(35-51(56)60(50)48-20-11-31-62-57(48)58-49(60)21-12-32-63-58)37-23-27-53-45(33-37)44-17-8-9-22-52(44)64(53)41-13-4-2-5-14-41/h2-36H. The Kier molecular flexibility index (Phi) is 7.83. The fourth-order valence-electron chi connectivity index (χ4n) is 11.1. The molecule has 1 spiro atoms. The fourth-order valence-corrected chi connectivity index (χ4v) is 12.5. The number of fused-ring (bicyclic) bond motifs is 15. The molecular weight excluding hydrogens is 823 g/mol. The van der Waals surface area contributed by atoms with Crippen LogP contribution in [0.1, 0.15) is 22.3 Å². The Morgan fingerprint density at radius 1 is 0.424 bits per heavy atom. The Bertz CT molecular complexity index is 4000. The van der Waals surface area contributed by atoms with Crippen LogP contribution in [-0.4, -0.2) is 19.1 Å². The number of hydrogen-bond donors (Lipinski definition) is 0. The van der Waals surface area contributed by atoms with E-state index in [0.717, 1.165) is 66.8 Å². The molecule has 5 heterocycles. The van der Waals surface area contributed by atoms with Crippen molar-refractivity contribution in [2.45, 2.75) is 15.2 Å². The molecule has 12 aromatic rings. The Morgan fingerprint density at radius 2 is 0.970 bits per heavy atom. The van der Waals surface area contributed by atoms with Crippen molar-refractivity contribution in [3.8, 4) is 45.0 Å². The Labute approximate surface area is 384 Å². The zero-order valence-electron chi connectivity index (χ0n) is 35.4. The van der Waals surface area contributed by atoms with E-state index in [-0.39, 0.29) is 0 Å². The van der Waals surface area contributed by atoms with E-state index in [2.05, 4.69) is 196 Å². The van der Waals surface area contributed by atoms with Crippen molar-refractivity contribution < 1.29 is 0 Å². The van der Waals surface area contributed by atoms with Crippen LogP contribution in [0.2, 0.25) is 0 Å². The minimum atomic E-state index is -0.680. The average molecular weight is 858 g/mol. The zero-order chi connectivity index (χ0) is 43.5. The van der Waals surface area contributed by atoms with Gasteiger partial charge in [0.15, 0.2) is 5.69 Å². The van der Waals surface area contributed by atoms with Crippen molar-refractivity contribution in [1.29, 1.82) is 0 Å². The van der Waals surface area contributed by atoms with E-state index in [1.165, 1.54) is 53.9 Å². The van der Waals surface area contributed by atoms with E-state index in [1.807, 2.05) is 42.4 Å². The van der Waals surface area contributed by atoms with Crippen LogP contribution in [0.5, 0.6) is 0 Å². The van der Waals surface area contributed by atoms with E-state index in [0.29, 0.717) is 5.69 Å². The first-order valence-electron chi connectivity index (χ1n) is 22.2. The Morgan fingerprint density at radius 3 is 1.67 bits per heavy atom. The van der Waals surface area contributed by atoms with E-state index in [1.54, 1.807) is 0 Å². The van der Waals surface area contributed by atoms with Crippen molar-refractivity contribution in [1.82, 2.24) is 19.1 Å². The molecule has 8 aromatic carbocycles. The van der Waals surface area contributed by atoms with Crippen LogP contribution in [0.3, 0.4) is 0 Å². The van der Waals surface area contributed by atoms with Crippen LogP contribution >= 0.6 is 11.8 Å². The molecule has 0 fully saturated rings. The quantitative estimate of drug-likeness (QED) is 0.166. The molecule has 0 saturated carbocycles. The van der Waals surface area contributed by atoms with Gasteiger partial charge in [0, 0.05) is 49.7 Å². The lowest BCUT2D eigenvalue weighted by Gasteiger charge is -2.40. The summed E-state index contributed by atoms with van der Waals surface area (Å²) in [5.41, 5.74) is 18.0. The molecular formula is C60H35N5S. The highest BCUT2D eigenvalue weighted by Gasteiger charge is 2.52. The molecule has 1 aliphatic heterocycles. The van der Waals surface area contributed by atoms with Gasteiger partial charge in [-0.05, 0) is 141 Å². The summed E-state index contributed by atoms with van der Waals surface area (Å²) in [6.45, 7) is 7.88. The molecule has 0 unspecified atom stereocenters. The van der Waals surface area contributed by atoms with Gasteiger partial charge in [0.2, 0.25) is 0 Å². The van der Waals surface area contributed by atoms with Crippen molar-refractivity contribution in [2.24, 2.45) is 0 Å². The minimum Gasteiger partial charge on any atom is -0.309 e. The maximum atomic E-state index is 7.88. The van der Waals surface area contributed by atoms with Gasteiger partial charge in [0.1, 0.15) is 0 Å². The predicted molar refractivity (Wildman–Crippen MR) is 269 cm³/mol. The van der Waals surface area contributed by atoms with E-state index in [4.69, 9.17) is 16.5 Å². The van der Waals surface area contributed by atoms with E-state index in [9.17, 15) is 0 Å². The number of hydrogen-bond acceptors (Lipinski definition) is 3. The summed E-state index contributed by atoms with van der Waals surface area (Å²) in [6.07, 6.45) is 3.79. The maximum Gasteiger partial charge on any atom is 0.188 e. The summed E-state index contributed by atoms with van der Waals surface area (Å²) >= 11 is 1.85. The number of aromatic nitrogens is 4. The van der Waals surface area contributed by atoms with Crippen molar-refractivity contribution >= 4 is 61.1 Å². The van der Waals surface area contributed by atoms with Gasteiger partial charge in [0.05, 0.1) is 45.4 Å². The average Bonchev–Trinajstić information content (AvgIpc) is 4.00. The SMILES string of the molecule is [C-]#[N+]c1ccc2c(c1)c1cc(-c3cccc4c3Sc3ccc(-c5ccc6c(c5)c5ccccc5n6-c5ccccc5)cc3C43c4cccnc4-c4ncccc43)ccc1n2-c1ccccc1. The summed E-state index contributed by atoms with van der Waals surface area (Å²) < 4.78 is 4.68. The largest absolute Gasteiger partial charge is 0.309 e. The van der Waals surface area contributed by atoms with Gasteiger partial charge in [-0.25, -0.2) is 4.85 Å². The molecule has 0 saturated heterocycles. The maximum absolute atomic E-state index is 7.88. The van der Waals surface area contributed by atoms with Crippen LogP contribution in [0, 0.1) is 6.57 Å².